The van der Waals surface area contributed by atoms with Gasteiger partial charge in [0, 0.05) is 23.5 Å². The molecule has 5 rings (SSSR count). The number of rotatable bonds is 5. The van der Waals surface area contributed by atoms with Crippen LogP contribution in [0.2, 0.25) is 0 Å². The van der Waals surface area contributed by atoms with E-state index in [2.05, 4.69) is 5.32 Å². The number of hydrogen-bond donors (Lipinski definition) is 2. The second-order valence-corrected chi connectivity index (χ2v) is 9.06. The number of piperidine rings is 1. The Balaban J connectivity index is 1.67. The summed E-state index contributed by atoms with van der Waals surface area (Å²) in [4.78, 5) is 51.7. The number of benzene rings is 2. The summed E-state index contributed by atoms with van der Waals surface area (Å²) in [5.41, 5.74) is 7.73. The lowest BCUT2D eigenvalue weighted by Gasteiger charge is -2.44. The maximum Gasteiger partial charge on any atom is 0.255 e. The van der Waals surface area contributed by atoms with E-state index in [1.54, 1.807) is 29.2 Å². The van der Waals surface area contributed by atoms with Gasteiger partial charge in [-0.25, -0.2) is 4.39 Å². The first kappa shape index (κ1) is 21.3. The van der Waals surface area contributed by atoms with Gasteiger partial charge in [0.2, 0.25) is 17.7 Å². The largest absolute Gasteiger partial charge is 0.366 e. The minimum atomic E-state index is -0.812. The zero-order chi connectivity index (χ0) is 23.3. The molecule has 0 aromatic heterocycles. The van der Waals surface area contributed by atoms with Crippen LogP contribution in [0.1, 0.15) is 75.9 Å². The summed E-state index contributed by atoms with van der Waals surface area (Å²) < 4.78 is 13.7. The minimum Gasteiger partial charge on any atom is -0.366 e. The van der Waals surface area contributed by atoms with Gasteiger partial charge in [-0.2, -0.15) is 0 Å². The highest BCUT2D eigenvalue weighted by Crippen LogP contribution is 2.52. The Morgan fingerprint density at radius 1 is 1.06 bits per heavy atom. The highest BCUT2D eigenvalue weighted by Gasteiger charge is 2.50. The summed E-state index contributed by atoms with van der Waals surface area (Å²) in [6.45, 7) is 0. The topological polar surface area (TPSA) is 110 Å². The molecule has 170 valence electrons. The standard InChI is InChI=1S/C25H24FN3O4/c26-16-7-4-14(5-8-16)21(13-2-1-3-13)22-18-12-15(23(27)31)6-9-17(18)25(33)29(22)19-10-11-20(30)28-24(19)32/h4-9,12-13,19,21-22H,1-3,10-11H2,(H2,27,31)(H,28,30,32)/t19?,21-,22?/m0/s1. The van der Waals surface area contributed by atoms with Gasteiger partial charge in [-0.05, 0) is 66.6 Å². The number of nitrogens with one attached hydrogen (secondary N) is 1. The highest BCUT2D eigenvalue weighted by molar-refractivity contribution is 6.06. The van der Waals surface area contributed by atoms with Crippen molar-refractivity contribution in [2.45, 2.75) is 50.1 Å². The van der Waals surface area contributed by atoms with E-state index in [1.807, 2.05) is 0 Å². The van der Waals surface area contributed by atoms with Gasteiger partial charge < -0.3 is 10.6 Å². The second-order valence-electron chi connectivity index (χ2n) is 9.06. The molecule has 3 atom stereocenters. The molecule has 2 fully saturated rings. The van der Waals surface area contributed by atoms with Gasteiger partial charge in [0.25, 0.3) is 5.91 Å². The second kappa shape index (κ2) is 8.10. The number of halogens is 1. The summed E-state index contributed by atoms with van der Waals surface area (Å²) in [5.74, 6) is -2.10. The van der Waals surface area contributed by atoms with Gasteiger partial charge in [0.1, 0.15) is 11.9 Å². The summed E-state index contributed by atoms with van der Waals surface area (Å²) in [5, 5.41) is 2.35. The normalized spacial score (nSPS) is 23.7. The van der Waals surface area contributed by atoms with Crippen molar-refractivity contribution in [1.82, 2.24) is 10.2 Å². The summed E-state index contributed by atoms with van der Waals surface area (Å²) in [7, 11) is 0. The van der Waals surface area contributed by atoms with E-state index in [4.69, 9.17) is 5.73 Å². The van der Waals surface area contributed by atoms with Crippen LogP contribution in [0, 0.1) is 11.7 Å². The van der Waals surface area contributed by atoms with E-state index in [0.29, 0.717) is 11.1 Å². The van der Waals surface area contributed by atoms with Crippen molar-refractivity contribution in [3.05, 3.63) is 70.5 Å². The SMILES string of the molecule is NC(=O)c1ccc2c(c1)C([C@H](c1ccc(F)cc1)C1CCC1)N(C1CCC(=O)NC1=O)C2=O. The number of carbonyl (C=O) groups excluding carboxylic acids is 4. The van der Waals surface area contributed by atoms with Gasteiger partial charge in [-0.3, -0.25) is 24.5 Å². The van der Waals surface area contributed by atoms with Crippen molar-refractivity contribution < 1.29 is 23.6 Å². The minimum absolute atomic E-state index is 0.139. The number of nitrogens with zero attached hydrogens (tertiary/aromatic N) is 1. The first-order valence-electron chi connectivity index (χ1n) is 11.2. The lowest BCUT2D eigenvalue weighted by Crippen LogP contribution is -2.54. The van der Waals surface area contributed by atoms with E-state index >= 15 is 0 Å². The van der Waals surface area contributed by atoms with E-state index in [0.717, 1.165) is 24.8 Å². The van der Waals surface area contributed by atoms with E-state index in [9.17, 15) is 23.6 Å². The van der Waals surface area contributed by atoms with Gasteiger partial charge in [-0.1, -0.05) is 18.6 Å². The molecule has 2 unspecified atom stereocenters. The Hall–Kier alpha value is -3.55. The summed E-state index contributed by atoms with van der Waals surface area (Å²) in [6.07, 6.45) is 3.31. The molecule has 3 aliphatic rings. The van der Waals surface area contributed by atoms with Crippen LogP contribution in [0.15, 0.2) is 42.5 Å². The molecule has 2 heterocycles. The summed E-state index contributed by atoms with van der Waals surface area (Å²) in [6, 6.07) is 9.63. The molecular formula is C25H24FN3O4. The zero-order valence-corrected chi connectivity index (χ0v) is 17.9. The van der Waals surface area contributed by atoms with Crippen LogP contribution in [-0.2, 0) is 9.59 Å². The Labute approximate surface area is 190 Å². The van der Waals surface area contributed by atoms with E-state index < -0.39 is 23.9 Å². The van der Waals surface area contributed by atoms with Crippen molar-refractivity contribution >= 4 is 23.6 Å². The van der Waals surface area contributed by atoms with Crippen molar-refractivity contribution in [3.63, 3.8) is 0 Å². The van der Waals surface area contributed by atoms with Gasteiger partial charge in [0.15, 0.2) is 0 Å². The molecule has 0 spiro atoms. The molecule has 2 aliphatic heterocycles. The van der Waals surface area contributed by atoms with Crippen LogP contribution in [0.5, 0.6) is 0 Å². The Kier molecular flexibility index (Phi) is 5.23. The molecular weight excluding hydrogens is 425 g/mol. The first-order valence-corrected chi connectivity index (χ1v) is 11.2. The van der Waals surface area contributed by atoms with Crippen LogP contribution in [0.3, 0.4) is 0 Å². The number of amides is 4. The third kappa shape index (κ3) is 3.59. The zero-order valence-electron chi connectivity index (χ0n) is 17.9. The number of imide groups is 1. The monoisotopic (exact) mass is 449 g/mol. The van der Waals surface area contributed by atoms with Crippen LogP contribution >= 0.6 is 0 Å². The van der Waals surface area contributed by atoms with E-state index in [-0.39, 0.29) is 47.9 Å². The number of hydrogen-bond acceptors (Lipinski definition) is 4. The molecule has 1 saturated heterocycles. The van der Waals surface area contributed by atoms with Crippen LogP contribution in [0.25, 0.3) is 0 Å². The maximum atomic E-state index is 13.7. The third-order valence-electron chi connectivity index (χ3n) is 7.22. The van der Waals surface area contributed by atoms with Gasteiger partial charge in [-0.15, -0.1) is 0 Å². The fourth-order valence-electron chi connectivity index (χ4n) is 5.42. The Bertz CT molecular complexity index is 1160. The smallest absolute Gasteiger partial charge is 0.255 e. The molecule has 33 heavy (non-hydrogen) atoms. The predicted molar refractivity (Wildman–Crippen MR) is 117 cm³/mol. The Morgan fingerprint density at radius 2 is 1.79 bits per heavy atom. The molecule has 3 N–H and O–H groups in total. The first-order chi connectivity index (χ1) is 15.8. The maximum absolute atomic E-state index is 13.7. The Morgan fingerprint density at radius 3 is 2.39 bits per heavy atom. The van der Waals surface area contributed by atoms with Crippen LogP contribution < -0.4 is 11.1 Å². The van der Waals surface area contributed by atoms with E-state index in [1.165, 1.54) is 18.2 Å². The van der Waals surface area contributed by atoms with Gasteiger partial charge in [0.05, 0.1) is 6.04 Å². The molecule has 1 aliphatic carbocycles. The average Bonchev–Trinajstić information content (AvgIpc) is 3.03. The number of fused-ring (bicyclic) bond motifs is 1. The van der Waals surface area contributed by atoms with Crippen molar-refractivity contribution in [2.75, 3.05) is 0 Å². The van der Waals surface area contributed by atoms with Crippen molar-refractivity contribution in [1.29, 1.82) is 0 Å². The lowest BCUT2D eigenvalue weighted by atomic mass is 9.68. The number of carbonyl (C=O) groups is 4. The summed E-state index contributed by atoms with van der Waals surface area (Å²) >= 11 is 0. The molecule has 1 saturated carbocycles. The molecule has 7 nitrogen and oxygen atoms in total. The molecule has 4 amide bonds. The molecule has 0 radical (unpaired) electrons. The van der Waals surface area contributed by atoms with Crippen molar-refractivity contribution in [2.24, 2.45) is 11.7 Å². The molecule has 2 aromatic carbocycles. The lowest BCUT2D eigenvalue weighted by molar-refractivity contribution is -0.137. The van der Waals surface area contributed by atoms with Crippen LogP contribution in [0.4, 0.5) is 4.39 Å². The fraction of sp³-hybridized carbons (Fsp3) is 0.360. The third-order valence-corrected chi connectivity index (χ3v) is 7.22. The quantitative estimate of drug-likeness (QED) is 0.684. The average molecular weight is 449 g/mol. The fourth-order valence-corrected chi connectivity index (χ4v) is 5.42. The number of primary amides is 1. The molecule has 8 heteroatoms. The van der Waals surface area contributed by atoms with Gasteiger partial charge >= 0.3 is 0 Å². The predicted octanol–water partition coefficient (Wildman–Crippen LogP) is 2.81. The van der Waals surface area contributed by atoms with Crippen LogP contribution in [-0.4, -0.2) is 34.6 Å². The molecule has 0 bridgehead atoms. The van der Waals surface area contributed by atoms with Crippen molar-refractivity contribution in [3.8, 4) is 0 Å². The highest BCUT2D eigenvalue weighted by atomic mass is 19.1. The number of nitrogens with two attached hydrogens (primary N) is 1. The molecule has 2 aromatic rings.